The van der Waals surface area contributed by atoms with Gasteiger partial charge in [0.15, 0.2) is 6.10 Å². The largest absolute Gasteiger partial charge is 0.449 e. The van der Waals surface area contributed by atoms with E-state index in [1.807, 2.05) is 12.1 Å². The molecule has 0 radical (unpaired) electrons. The molecule has 1 aliphatic carbocycles. The number of aromatic nitrogens is 1. The number of rotatable bonds is 5. The van der Waals surface area contributed by atoms with Gasteiger partial charge in [-0.05, 0) is 44.0 Å². The summed E-state index contributed by atoms with van der Waals surface area (Å²) in [6.45, 7) is 1.34. The van der Waals surface area contributed by atoms with E-state index in [-0.39, 0.29) is 0 Å². The molecule has 7 heteroatoms. The number of fused-ring (bicyclic) bond motifs is 1. The second-order valence-corrected chi connectivity index (χ2v) is 7.02. The van der Waals surface area contributed by atoms with Gasteiger partial charge in [0, 0.05) is 17.0 Å². The van der Waals surface area contributed by atoms with Gasteiger partial charge in [-0.15, -0.1) is 0 Å². The summed E-state index contributed by atoms with van der Waals surface area (Å²) in [5.74, 6) is -3.02. The first-order chi connectivity index (χ1) is 13.9. The Morgan fingerprint density at radius 2 is 1.79 bits per heavy atom. The van der Waals surface area contributed by atoms with Gasteiger partial charge in [-0.25, -0.2) is 13.6 Å². The van der Waals surface area contributed by atoms with Crippen molar-refractivity contribution in [1.82, 2.24) is 4.98 Å². The fourth-order valence-electron chi connectivity index (χ4n) is 3.07. The van der Waals surface area contributed by atoms with Crippen LogP contribution >= 0.6 is 0 Å². The molecule has 1 N–H and O–H groups in total. The number of halogens is 2. The number of amides is 1. The van der Waals surface area contributed by atoms with Gasteiger partial charge in [-0.1, -0.05) is 24.3 Å². The van der Waals surface area contributed by atoms with Crippen LogP contribution in [0.4, 0.5) is 14.5 Å². The lowest BCUT2D eigenvalue weighted by Crippen LogP contribution is -2.30. The number of anilines is 1. The van der Waals surface area contributed by atoms with Crippen LogP contribution in [0.2, 0.25) is 0 Å². The molecule has 1 fully saturated rings. The van der Waals surface area contributed by atoms with Crippen molar-refractivity contribution in [3.8, 4) is 0 Å². The number of pyridine rings is 1. The van der Waals surface area contributed by atoms with E-state index < -0.39 is 35.3 Å². The topological polar surface area (TPSA) is 68.3 Å². The van der Waals surface area contributed by atoms with Gasteiger partial charge in [0.05, 0.1) is 11.1 Å². The molecule has 1 aromatic heterocycles. The number of hydrogen-bond acceptors (Lipinski definition) is 4. The Bertz CT molecular complexity index is 1090. The smallest absolute Gasteiger partial charge is 0.339 e. The Labute approximate surface area is 165 Å². The number of hydrogen-bond donors (Lipinski definition) is 1. The van der Waals surface area contributed by atoms with E-state index in [4.69, 9.17) is 4.74 Å². The minimum atomic E-state index is -1.25. The summed E-state index contributed by atoms with van der Waals surface area (Å²) in [7, 11) is 0. The van der Waals surface area contributed by atoms with Gasteiger partial charge in [-0.3, -0.25) is 9.78 Å². The van der Waals surface area contributed by atoms with Crippen LogP contribution in [-0.2, 0) is 9.53 Å². The normalized spacial score (nSPS) is 14.4. The second-order valence-electron chi connectivity index (χ2n) is 7.02. The van der Waals surface area contributed by atoms with Crippen molar-refractivity contribution in [1.29, 1.82) is 0 Å². The Kier molecular flexibility index (Phi) is 4.96. The summed E-state index contributed by atoms with van der Waals surface area (Å²) in [6, 6.07) is 12.1. The molecule has 0 aliphatic heterocycles. The highest BCUT2D eigenvalue weighted by Gasteiger charge is 2.28. The Morgan fingerprint density at radius 3 is 2.48 bits per heavy atom. The Balaban J connectivity index is 1.55. The molecule has 148 valence electrons. The highest BCUT2D eigenvalue weighted by molar-refractivity contribution is 6.05. The second kappa shape index (κ2) is 7.58. The molecule has 4 rings (SSSR count). The number of nitrogens with one attached hydrogen (secondary N) is 1. The van der Waals surface area contributed by atoms with Crippen LogP contribution in [0.3, 0.4) is 0 Å². The minimum absolute atomic E-state index is 0.314. The zero-order valence-electron chi connectivity index (χ0n) is 15.6. The van der Waals surface area contributed by atoms with E-state index in [0.29, 0.717) is 22.4 Å². The maximum atomic E-state index is 13.7. The monoisotopic (exact) mass is 396 g/mol. The lowest BCUT2D eigenvalue weighted by atomic mass is 10.1. The van der Waals surface area contributed by atoms with Gasteiger partial charge in [0.1, 0.15) is 17.3 Å². The van der Waals surface area contributed by atoms with Crippen LogP contribution in [0.1, 0.15) is 41.7 Å². The highest BCUT2D eigenvalue weighted by atomic mass is 19.1. The van der Waals surface area contributed by atoms with Crippen LogP contribution in [-0.4, -0.2) is 23.0 Å². The predicted molar refractivity (Wildman–Crippen MR) is 104 cm³/mol. The molecule has 1 atom stereocenters. The molecule has 1 aliphatic rings. The number of carbonyl (C=O) groups is 2. The van der Waals surface area contributed by atoms with E-state index in [2.05, 4.69) is 10.3 Å². The van der Waals surface area contributed by atoms with Crippen LogP contribution in [0.5, 0.6) is 0 Å². The molecule has 1 heterocycles. The van der Waals surface area contributed by atoms with Crippen molar-refractivity contribution in [2.45, 2.75) is 31.8 Å². The maximum absolute atomic E-state index is 13.7. The highest BCUT2D eigenvalue weighted by Crippen LogP contribution is 2.40. The number of benzene rings is 2. The van der Waals surface area contributed by atoms with Crippen molar-refractivity contribution < 1.29 is 23.1 Å². The summed E-state index contributed by atoms with van der Waals surface area (Å²) in [4.78, 5) is 29.7. The minimum Gasteiger partial charge on any atom is -0.449 e. The van der Waals surface area contributed by atoms with Crippen molar-refractivity contribution in [3.05, 3.63) is 71.4 Å². The third-order valence-electron chi connectivity index (χ3n) is 4.82. The Morgan fingerprint density at radius 1 is 1.10 bits per heavy atom. The molecule has 3 aromatic rings. The first kappa shape index (κ1) is 19.0. The molecule has 0 spiro atoms. The summed E-state index contributed by atoms with van der Waals surface area (Å²) in [5.41, 5.74) is 1.23. The van der Waals surface area contributed by atoms with E-state index in [9.17, 15) is 18.4 Å². The van der Waals surface area contributed by atoms with Crippen LogP contribution in [0.25, 0.3) is 10.9 Å². The summed E-state index contributed by atoms with van der Waals surface area (Å²) in [6.07, 6.45) is 0.789. The molecule has 2 aromatic carbocycles. The number of nitrogens with zero attached hydrogens (tertiary/aromatic N) is 1. The molecule has 29 heavy (non-hydrogen) atoms. The molecular weight excluding hydrogens is 378 g/mol. The van der Waals surface area contributed by atoms with Crippen molar-refractivity contribution in [2.75, 3.05) is 5.32 Å². The number of esters is 1. The lowest BCUT2D eigenvalue weighted by molar-refractivity contribution is -0.123. The molecule has 0 unspecified atom stereocenters. The maximum Gasteiger partial charge on any atom is 0.339 e. The van der Waals surface area contributed by atoms with Crippen LogP contribution in [0, 0.1) is 11.6 Å². The van der Waals surface area contributed by atoms with E-state index in [1.54, 1.807) is 18.2 Å². The Hall–Kier alpha value is -3.35. The summed E-state index contributed by atoms with van der Waals surface area (Å²) >= 11 is 0. The van der Waals surface area contributed by atoms with Crippen LogP contribution in [0.15, 0.2) is 48.5 Å². The molecular formula is C22H18F2N2O3. The third-order valence-corrected chi connectivity index (χ3v) is 4.82. The standard InChI is InChI=1S/C22H18F2N2O3/c1-12(21(27)26-20-16(23)6-4-7-17(20)24)29-22(28)15-11-19(13-9-10-13)25-18-8-3-2-5-14(15)18/h2-8,11-13H,9-10H2,1H3,(H,26,27)/t12-/m0/s1. The molecule has 0 saturated heterocycles. The summed E-state index contributed by atoms with van der Waals surface area (Å²) < 4.78 is 32.8. The fourth-order valence-corrected chi connectivity index (χ4v) is 3.07. The van der Waals surface area contributed by atoms with Crippen LogP contribution < -0.4 is 5.32 Å². The van der Waals surface area contributed by atoms with Crippen molar-refractivity contribution in [3.63, 3.8) is 0 Å². The first-order valence-electron chi connectivity index (χ1n) is 9.29. The molecule has 1 amide bonds. The van der Waals surface area contributed by atoms with Gasteiger partial charge >= 0.3 is 5.97 Å². The lowest BCUT2D eigenvalue weighted by Gasteiger charge is -2.15. The molecule has 1 saturated carbocycles. The van der Waals surface area contributed by atoms with Crippen molar-refractivity contribution >= 4 is 28.5 Å². The van der Waals surface area contributed by atoms with Gasteiger partial charge < -0.3 is 10.1 Å². The van der Waals surface area contributed by atoms with E-state index in [1.165, 1.54) is 13.0 Å². The zero-order chi connectivity index (χ0) is 20.5. The SMILES string of the molecule is C[C@H](OC(=O)c1cc(C2CC2)nc2ccccc12)C(=O)Nc1c(F)cccc1F. The number of para-hydroxylation sites is 2. The fraction of sp³-hybridized carbons (Fsp3) is 0.227. The average Bonchev–Trinajstić information content (AvgIpc) is 3.55. The van der Waals surface area contributed by atoms with Gasteiger partial charge in [-0.2, -0.15) is 0 Å². The van der Waals surface area contributed by atoms with Gasteiger partial charge in [0.25, 0.3) is 5.91 Å². The first-order valence-corrected chi connectivity index (χ1v) is 9.29. The molecule has 0 bridgehead atoms. The zero-order valence-corrected chi connectivity index (χ0v) is 15.6. The van der Waals surface area contributed by atoms with Crippen molar-refractivity contribution in [2.24, 2.45) is 0 Å². The van der Waals surface area contributed by atoms with E-state index >= 15 is 0 Å². The number of ether oxygens (including phenoxy) is 1. The number of carbonyl (C=O) groups excluding carboxylic acids is 2. The van der Waals surface area contributed by atoms with Gasteiger partial charge in [0.2, 0.25) is 0 Å². The van der Waals surface area contributed by atoms with E-state index in [0.717, 1.165) is 30.7 Å². The third kappa shape index (κ3) is 3.94. The molecule has 5 nitrogen and oxygen atoms in total. The predicted octanol–water partition coefficient (Wildman–Crippen LogP) is 4.57. The quantitative estimate of drug-likeness (QED) is 0.642. The summed E-state index contributed by atoms with van der Waals surface area (Å²) in [5, 5.41) is 2.75. The average molecular weight is 396 g/mol.